The second-order valence-electron chi connectivity index (χ2n) is 5.70. The minimum atomic E-state index is -0.318. The Hall–Kier alpha value is -1.77. The van der Waals surface area contributed by atoms with Gasteiger partial charge in [0.15, 0.2) is 0 Å². The molecule has 19 heavy (non-hydrogen) atoms. The van der Waals surface area contributed by atoms with Crippen molar-refractivity contribution in [1.82, 2.24) is 4.57 Å². The fourth-order valence-corrected chi connectivity index (χ4v) is 1.70. The standard InChI is InChI=1S/C11H13N.C5H10O2/c1-9(2)12-8-7-10-5-3-4-6-11(10)12;1-5(2,3)7-4-6/h3-9H,1-2H3;4H,1-3H3. The Morgan fingerprint density at radius 3 is 2.26 bits per heavy atom. The molecule has 0 radical (unpaired) electrons. The van der Waals surface area contributed by atoms with Crippen LogP contribution in [0.2, 0.25) is 0 Å². The third-order valence-corrected chi connectivity index (χ3v) is 2.59. The molecule has 0 fully saturated rings. The van der Waals surface area contributed by atoms with Crippen LogP contribution >= 0.6 is 0 Å². The van der Waals surface area contributed by atoms with Crippen molar-refractivity contribution in [2.45, 2.75) is 46.3 Å². The van der Waals surface area contributed by atoms with Crippen LogP contribution in [0.5, 0.6) is 0 Å². The first-order chi connectivity index (χ1) is 8.85. The zero-order valence-electron chi connectivity index (χ0n) is 12.4. The van der Waals surface area contributed by atoms with E-state index in [4.69, 9.17) is 0 Å². The monoisotopic (exact) mass is 261 g/mol. The number of hydrogen-bond acceptors (Lipinski definition) is 2. The molecule has 1 heterocycles. The zero-order chi connectivity index (χ0) is 14.5. The summed E-state index contributed by atoms with van der Waals surface area (Å²) in [6, 6.07) is 11.2. The van der Waals surface area contributed by atoms with Gasteiger partial charge in [0.2, 0.25) is 0 Å². The highest BCUT2D eigenvalue weighted by molar-refractivity contribution is 5.80. The quantitative estimate of drug-likeness (QED) is 0.759. The lowest BCUT2D eigenvalue weighted by molar-refractivity contribution is -0.138. The van der Waals surface area contributed by atoms with E-state index in [9.17, 15) is 4.79 Å². The van der Waals surface area contributed by atoms with Gasteiger partial charge >= 0.3 is 0 Å². The first-order valence-electron chi connectivity index (χ1n) is 6.52. The van der Waals surface area contributed by atoms with Gasteiger partial charge in [-0.1, -0.05) is 18.2 Å². The summed E-state index contributed by atoms with van der Waals surface area (Å²) in [5.74, 6) is 0. The van der Waals surface area contributed by atoms with Crippen molar-refractivity contribution in [2.75, 3.05) is 0 Å². The maximum Gasteiger partial charge on any atom is 0.293 e. The van der Waals surface area contributed by atoms with E-state index in [2.05, 4.69) is 59.7 Å². The Morgan fingerprint density at radius 1 is 1.16 bits per heavy atom. The van der Waals surface area contributed by atoms with Crippen molar-refractivity contribution >= 4 is 17.4 Å². The number of nitrogens with zero attached hydrogens (tertiary/aromatic N) is 1. The average Bonchev–Trinajstić information content (AvgIpc) is 2.71. The van der Waals surface area contributed by atoms with Crippen LogP contribution < -0.4 is 0 Å². The van der Waals surface area contributed by atoms with Crippen LogP contribution in [-0.4, -0.2) is 16.6 Å². The molecule has 0 spiro atoms. The Kier molecular flexibility index (Phi) is 5.16. The Morgan fingerprint density at radius 2 is 1.79 bits per heavy atom. The maximum absolute atomic E-state index is 9.60. The van der Waals surface area contributed by atoms with Crippen molar-refractivity contribution in [3.8, 4) is 0 Å². The molecule has 0 atom stereocenters. The molecule has 1 aromatic carbocycles. The van der Waals surface area contributed by atoms with Gasteiger partial charge in [0.05, 0.1) is 0 Å². The van der Waals surface area contributed by atoms with Gasteiger partial charge < -0.3 is 9.30 Å². The van der Waals surface area contributed by atoms with Gasteiger partial charge in [0.1, 0.15) is 5.60 Å². The van der Waals surface area contributed by atoms with Gasteiger partial charge in [-0.05, 0) is 52.1 Å². The number of benzene rings is 1. The number of rotatable bonds is 2. The lowest BCUT2D eigenvalue weighted by Gasteiger charge is -2.14. The van der Waals surface area contributed by atoms with Gasteiger partial charge in [-0.2, -0.15) is 0 Å². The summed E-state index contributed by atoms with van der Waals surface area (Å²) in [5, 5.41) is 1.33. The number of aromatic nitrogens is 1. The summed E-state index contributed by atoms with van der Waals surface area (Å²) in [6.45, 7) is 10.3. The van der Waals surface area contributed by atoms with Crippen molar-refractivity contribution in [1.29, 1.82) is 0 Å². The molecule has 104 valence electrons. The van der Waals surface area contributed by atoms with Gasteiger partial charge in [-0.25, -0.2) is 0 Å². The molecule has 2 rings (SSSR count). The number of ether oxygens (including phenoxy) is 1. The Bertz CT molecular complexity index is 521. The minimum Gasteiger partial charge on any atom is -0.462 e. The van der Waals surface area contributed by atoms with Crippen molar-refractivity contribution in [2.24, 2.45) is 0 Å². The van der Waals surface area contributed by atoms with Gasteiger partial charge in [-0.3, -0.25) is 4.79 Å². The van der Waals surface area contributed by atoms with Crippen LogP contribution in [0.3, 0.4) is 0 Å². The van der Waals surface area contributed by atoms with E-state index >= 15 is 0 Å². The molecule has 0 aliphatic heterocycles. The van der Waals surface area contributed by atoms with E-state index in [1.165, 1.54) is 10.9 Å². The molecule has 3 nitrogen and oxygen atoms in total. The maximum atomic E-state index is 9.60. The average molecular weight is 261 g/mol. The summed E-state index contributed by atoms with van der Waals surface area (Å²) in [6.07, 6.45) is 2.15. The fraction of sp³-hybridized carbons (Fsp3) is 0.438. The van der Waals surface area contributed by atoms with Crippen LogP contribution in [0.15, 0.2) is 36.5 Å². The number of carbonyl (C=O) groups is 1. The molecule has 3 heteroatoms. The molecule has 0 unspecified atom stereocenters. The molecular formula is C16H23NO2. The summed E-state index contributed by atoms with van der Waals surface area (Å²) in [5.41, 5.74) is 1.01. The molecule has 0 saturated carbocycles. The van der Waals surface area contributed by atoms with Crippen molar-refractivity contribution < 1.29 is 9.53 Å². The van der Waals surface area contributed by atoms with Crippen LogP contribution in [0.25, 0.3) is 10.9 Å². The summed E-state index contributed by atoms with van der Waals surface area (Å²) >= 11 is 0. The molecule has 0 saturated heterocycles. The lowest BCUT2D eigenvalue weighted by Crippen LogP contribution is -2.17. The van der Waals surface area contributed by atoms with Gasteiger partial charge in [-0.15, -0.1) is 0 Å². The number of carbonyl (C=O) groups excluding carboxylic acids is 1. The smallest absolute Gasteiger partial charge is 0.293 e. The first kappa shape index (κ1) is 15.3. The minimum absolute atomic E-state index is 0.318. The summed E-state index contributed by atoms with van der Waals surface area (Å²) in [4.78, 5) is 9.60. The van der Waals surface area contributed by atoms with Gasteiger partial charge in [0.25, 0.3) is 6.47 Å². The van der Waals surface area contributed by atoms with E-state index < -0.39 is 0 Å². The Balaban J connectivity index is 0.000000224. The second kappa shape index (κ2) is 6.41. The van der Waals surface area contributed by atoms with E-state index in [1.54, 1.807) is 0 Å². The molecule has 0 N–H and O–H groups in total. The fourth-order valence-electron chi connectivity index (χ4n) is 1.70. The molecule has 0 amide bonds. The molecule has 2 aromatic rings. The van der Waals surface area contributed by atoms with Crippen LogP contribution in [0.1, 0.15) is 40.7 Å². The highest BCUT2D eigenvalue weighted by Gasteiger charge is 2.07. The SMILES string of the molecule is CC(C)(C)OC=O.CC(C)n1ccc2ccccc21. The molecule has 0 aliphatic rings. The number of hydrogen-bond donors (Lipinski definition) is 0. The van der Waals surface area contributed by atoms with E-state index in [0.29, 0.717) is 12.5 Å². The van der Waals surface area contributed by atoms with E-state index in [-0.39, 0.29) is 5.60 Å². The number of fused-ring (bicyclic) bond motifs is 1. The largest absolute Gasteiger partial charge is 0.462 e. The molecular weight excluding hydrogens is 238 g/mol. The second-order valence-corrected chi connectivity index (χ2v) is 5.70. The normalized spacial score (nSPS) is 11.1. The van der Waals surface area contributed by atoms with Crippen LogP contribution in [0.4, 0.5) is 0 Å². The first-order valence-corrected chi connectivity index (χ1v) is 6.52. The third-order valence-electron chi connectivity index (χ3n) is 2.59. The van der Waals surface area contributed by atoms with Crippen LogP contribution in [0, 0.1) is 0 Å². The highest BCUT2D eigenvalue weighted by Crippen LogP contribution is 2.18. The van der Waals surface area contributed by atoms with Gasteiger partial charge in [0, 0.05) is 17.8 Å². The topological polar surface area (TPSA) is 31.2 Å². The van der Waals surface area contributed by atoms with Crippen molar-refractivity contribution in [3.05, 3.63) is 36.5 Å². The lowest BCUT2D eigenvalue weighted by atomic mass is 10.2. The molecule has 1 aromatic heterocycles. The number of para-hydroxylation sites is 1. The Labute approximate surface area is 115 Å². The zero-order valence-corrected chi connectivity index (χ0v) is 12.4. The summed E-state index contributed by atoms with van der Waals surface area (Å²) in [7, 11) is 0. The molecule has 0 bridgehead atoms. The third kappa shape index (κ3) is 4.78. The van der Waals surface area contributed by atoms with Crippen molar-refractivity contribution in [3.63, 3.8) is 0 Å². The predicted octanol–water partition coefficient (Wildman–Crippen LogP) is 4.18. The summed E-state index contributed by atoms with van der Waals surface area (Å²) < 4.78 is 6.84. The predicted molar refractivity (Wildman–Crippen MR) is 79.2 cm³/mol. The van der Waals surface area contributed by atoms with E-state index in [1.807, 2.05) is 20.8 Å². The van der Waals surface area contributed by atoms with E-state index in [0.717, 1.165) is 0 Å². The molecule has 0 aliphatic carbocycles. The highest BCUT2D eigenvalue weighted by atomic mass is 16.5. The van der Waals surface area contributed by atoms with Crippen LogP contribution in [-0.2, 0) is 9.53 Å².